The van der Waals surface area contributed by atoms with Crippen LogP contribution in [0.2, 0.25) is 0 Å². The number of carboxylic acids is 1. The lowest BCUT2D eigenvalue weighted by molar-refractivity contribution is 0.0694. The zero-order chi connectivity index (χ0) is 33.1. The maximum absolute atomic E-state index is 13.8. The number of amides is 1. The summed E-state index contributed by atoms with van der Waals surface area (Å²) >= 11 is 0. The third kappa shape index (κ3) is 9.54. The Morgan fingerprint density at radius 1 is 0.674 bits per heavy atom. The highest BCUT2D eigenvalue weighted by Gasteiger charge is 2.21. The van der Waals surface area contributed by atoms with Crippen molar-refractivity contribution in [1.29, 1.82) is 0 Å². The Morgan fingerprint density at radius 3 is 1.83 bits per heavy atom. The molecule has 0 fully saturated rings. The van der Waals surface area contributed by atoms with Gasteiger partial charge in [-0.1, -0.05) is 77.6 Å². The zero-order valence-corrected chi connectivity index (χ0v) is 27.1. The van der Waals surface area contributed by atoms with E-state index >= 15 is 0 Å². The predicted octanol–water partition coefficient (Wildman–Crippen LogP) is 9.10. The average molecular weight is 622 g/mol. The summed E-state index contributed by atoms with van der Waals surface area (Å²) in [4.78, 5) is 39.6. The van der Waals surface area contributed by atoms with Crippen LogP contribution in [0.25, 0.3) is 0 Å². The molecule has 0 heterocycles. The minimum Gasteiger partial charge on any atom is -0.494 e. The van der Waals surface area contributed by atoms with Gasteiger partial charge in [-0.2, -0.15) is 0 Å². The summed E-state index contributed by atoms with van der Waals surface area (Å²) in [6.07, 6.45) is 5.83. The van der Waals surface area contributed by atoms with Crippen LogP contribution in [0, 0.1) is 0 Å². The molecule has 0 aliphatic carbocycles. The number of hydrogen-bond donors (Lipinski definition) is 1. The molecule has 0 saturated heterocycles. The Morgan fingerprint density at radius 2 is 1.24 bits per heavy atom. The van der Waals surface area contributed by atoms with Crippen molar-refractivity contribution in [3.63, 3.8) is 0 Å². The van der Waals surface area contributed by atoms with Gasteiger partial charge in [-0.3, -0.25) is 4.79 Å². The van der Waals surface area contributed by atoms with E-state index in [9.17, 15) is 19.5 Å². The average Bonchev–Trinajstić information content (AvgIpc) is 3.05. The number of benzene rings is 4. The number of hydrogen-bond acceptors (Lipinski definition) is 5. The molecule has 4 rings (SSSR count). The Labute approximate surface area is 271 Å². The summed E-state index contributed by atoms with van der Waals surface area (Å²) < 4.78 is 11.4. The predicted molar refractivity (Wildman–Crippen MR) is 181 cm³/mol. The van der Waals surface area contributed by atoms with Crippen LogP contribution in [0.15, 0.2) is 97.1 Å². The molecule has 0 unspecified atom stereocenters. The van der Waals surface area contributed by atoms with Crippen molar-refractivity contribution < 1.29 is 29.0 Å². The van der Waals surface area contributed by atoms with E-state index < -0.39 is 11.9 Å². The number of ether oxygens (including phenoxy) is 2. The highest BCUT2D eigenvalue weighted by atomic mass is 16.5. The standard InChI is InChI=1S/C39H43NO6/c1-5-6-7-8-9-26-45-34-24-16-31(17-25-34)38(44)46-35-22-10-28(11-23-35)27-40(33-20-14-30(15-21-33)37(42)43)36(41)29-12-18-32(19-13-29)39(2,3)4/h10-25H,5-9,26-27H2,1-4H3,(H,42,43). The molecule has 240 valence electrons. The number of anilines is 1. The molecule has 0 spiro atoms. The first kappa shape index (κ1) is 34.0. The third-order valence-electron chi connectivity index (χ3n) is 7.75. The van der Waals surface area contributed by atoms with Gasteiger partial charge in [0.05, 0.1) is 24.3 Å². The van der Waals surface area contributed by atoms with E-state index in [1.807, 2.05) is 24.3 Å². The summed E-state index contributed by atoms with van der Waals surface area (Å²) in [6, 6.07) is 27.7. The SMILES string of the molecule is CCCCCCCOc1ccc(C(=O)Oc2ccc(CN(C(=O)c3ccc(C(C)(C)C)cc3)c3ccc(C(=O)O)cc3)cc2)cc1. The minimum atomic E-state index is -1.04. The molecule has 4 aromatic carbocycles. The third-order valence-corrected chi connectivity index (χ3v) is 7.75. The zero-order valence-electron chi connectivity index (χ0n) is 27.1. The Balaban J connectivity index is 1.42. The normalized spacial score (nSPS) is 11.1. The van der Waals surface area contributed by atoms with Crippen molar-refractivity contribution in [1.82, 2.24) is 0 Å². The number of carbonyl (C=O) groups excluding carboxylic acids is 2. The van der Waals surface area contributed by atoms with Crippen LogP contribution in [0.3, 0.4) is 0 Å². The van der Waals surface area contributed by atoms with Gasteiger partial charge in [-0.05, 0) is 95.8 Å². The monoisotopic (exact) mass is 621 g/mol. The maximum atomic E-state index is 13.8. The van der Waals surface area contributed by atoms with Crippen LogP contribution in [0.5, 0.6) is 11.5 Å². The quantitative estimate of drug-likeness (QED) is 0.0858. The van der Waals surface area contributed by atoms with E-state index in [1.54, 1.807) is 65.6 Å². The van der Waals surface area contributed by atoms with E-state index in [0.717, 1.165) is 29.7 Å². The molecule has 1 amide bonds. The van der Waals surface area contributed by atoms with Crippen molar-refractivity contribution in [2.45, 2.75) is 71.8 Å². The van der Waals surface area contributed by atoms with Gasteiger partial charge in [0, 0.05) is 11.3 Å². The molecule has 0 aliphatic heterocycles. The van der Waals surface area contributed by atoms with Gasteiger partial charge in [0.2, 0.25) is 0 Å². The summed E-state index contributed by atoms with van der Waals surface area (Å²) in [5, 5.41) is 9.34. The molecule has 0 atom stereocenters. The second-order valence-electron chi connectivity index (χ2n) is 12.4. The number of unbranched alkanes of at least 4 members (excludes halogenated alkanes) is 4. The maximum Gasteiger partial charge on any atom is 0.343 e. The van der Waals surface area contributed by atoms with Crippen molar-refractivity contribution in [2.24, 2.45) is 0 Å². The smallest absolute Gasteiger partial charge is 0.343 e. The van der Waals surface area contributed by atoms with Crippen molar-refractivity contribution in [2.75, 3.05) is 11.5 Å². The number of carbonyl (C=O) groups is 3. The molecule has 1 N–H and O–H groups in total. The first-order valence-electron chi connectivity index (χ1n) is 15.8. The van der Waals surface area contributed by atoms with E-state index in [2.05, 4.69) is 27.7 Å². The molecular formula is C39H43NO6. The lowest BCUT2D eigenvalue weighted by Gasteiger charge is -2.24. The van der Waals surface area contributed by atoms with Crippen LogP contribution in [0.4, 0.5) is 5.69 Å². The number of esters is 1. The highest BCUT2D eigenvalue weighted by molar-refractivity contribution is 6.06. The van der Waals surface area contributed by atoms with Crippen LogP contribution in [-0.2, 0) is 12.0 Å². The van der Waals surface area contributed by atoms with E-state index in [-0.39, 0.29) is 23.4 Å². The van der Waals surface area contributed by atoms with Gasteiger partial charge in [-0.25, -0.2) is 9.59 Å². The molecule has 4 aromatic rings. The summed E-state index contributed by atoms with van der Waals surface area (Å²) in [5.74, 6) is -0.638. The molecule has 0 aliphatic rings. The Hall–Kier alpha value is -4.91. The van der Waals surface area contributed by atoms with Crippen molar-refractivity contribution in [3.8, 4) is 11.5 Å². The number of rotatable bonds is 14. The lowest BCUT2D eigenvalue weighted by atomic mass is 9.86. The van der Waals surface area contributed by atoms with E-state index in [0.29, 0.717) is 29.2 Å². The molecule has 0 radical (unpaired) electrons. The largest absolute Gasteiger partial charge is 0.494 e. The minimum absolute atomic E-state index is 0.0514. The van der Waals surface area contributed by atoms with Crippen LogP contribution >= 0.6 is 0 Å². The van der Waals surface area contributed by atoms with Gasteiger partial charge in [0.15, 0.2) is 0 Å². The van der Waals surface area contributed by atoms with E-state index in [4.69, 9.17) is 9.47 Å². The fourth-order valence-electron chi connectivity index (χ4n) is 4.93. The van der Waals surface area contributed by atoms with Crippen LogP contribution in [-0.4, -0.2) is 29.6 Å². The first-order chi connectivity index (χ1) is 22.0. The molecular weight excluding hydrogens is 578 g/mol. The lowest BCUT2D eigenvalue weighted by Crippen LogP contribution is -2.30. The van der Waals surface area contributed by atoms with Gasteiger partial charge < -0.3 is 19.5 Å². The fraction of sp³-hybridized carbons (Fsp3) is 0.308. The summed E-state index contributed by atoms with van der Waals surface area (Å²) in [6.45, 7) is 9.41. The van der Waals surface area contributed by atoms with Crippen LogP contribution < -0.4 is 14.4 Å². The summed E-state index contributed by atoms with van der Waals surface area (Å²) in [7, 11) is 0. The molecule has 7 heteroatoms. The van der Waals surface area contributed by atoms with Gasteiger partial charge in [-0.15, -0.1) is 0 Å². The van der Waals surface area contributed by atoms with Crippen LogP contribution in [0.1, 0.15) is 102 Å². The number of nitrogens with zero attached hydrogens (tertiary/aromatic N) is 1. The van der Waals surface area contributed by atoms with Crippen molar-refractivity contribution in [3.05, 3.63) is 125 Å². The van der Waals surface area contributed by atoms with E-state index in [1.165, 1.54) is 31.4 Å². The first-order valence-corrected chi connectivity index (χ1v) is 15.8. The molecule has 46 heavy (non-hydrogen) atoms. The molecule has 7 nitrogen and oxygen atoms in total. The molecule has 0 bridgehead atoms. The molecule has 0 aromatic heterocycles. The summed E-state index contributed by atoms with van der Waals surface area (Å²) in [5.41, 5.74) is 3.50. The Kier molecular flexibility index (Phi) is 11.7. The Bertz CT molecular complexity index is 1590. The molecule has 0 saturated carbocycles. The second kappa shape index (κ2) is 15.9. The number of aromatic carboxylic acids is 1. The second-order valence-corrected chi connectivity index (χ2v) is 12.4. The van der Waals surface area contributed by atoms with Crippen molar-refractivity contribution >= 4 is 23.5 Å². The highest BCUT2D eigenvalue weighted by Crippen LogP contribution is 2.26. The topological polar surface area (TPSA) is 93.1 Å². The van der Waals surface area contributed by atoms with Gasteiger partial charge >= 0.3 is 11.9 Å². The number of carboxylic acid groups (broad SMARTS) is 1. The fourth-order valence-corrected chi connectivity index (χ4v) is 4.93. The van der Waals surface area contributed by atoms with Gasteiger partial charge in [0.25, 0.3) is 5.91 Å². The van der Waals surface area contributed by atoms with Gasteiger partial charge in [0.1, 0.15) is 11.5 Å².